The molecule has 1 aliphatic rings. The van der Waals surface area contributed by atoms with Crippen molar-refractivity contribution in [3.63, 3.8) is 0 Å². The normalized spacial score (nSPS) is 14.0. The van der Waals surface area contributed by atoms with Crippen LogP contribution >= 0.6 is 0 Å². The van der Waals surface area contributed by atoms with Crippen molar-refractivity contribution in [3.05, 3.63) is 502 Å². The minimum Gasteiger partial charge on any atom is -0.485 e. The standard InChI is InChI=1S/C120H102O23/c1-83(121)139-120-115(143-119(125)99-68-106(132-76-90-50-26-8-27-51-90)112(137-81-95-60-36-13-37-61-95)107(69-99)133-77-91-52-28-9-29-53-91)114(142-118(124)98-66-104(130-74-88-46-22-6-23-47-88)111(136-80-94-58-34-12-35-59-94)105(67-98)131-75-89-48-24-7-25-49-89)113(141-117(123)97-64-102(128-72-86-42-18-4-19-43-86)110(135-79-93-56-32-11-33-57-93)103(65-97)129-73-87-44-20-5-21-45-87)108(140-120)82-138-116(122)96-62-100(126-70-84-38-14-2-15-39-84)109(134-78-92-54-30-10-31-55-92)101(63-96)127-71-85-40-16-3-17-41-85/h2-69,108,113-115,120H,70-82H2,1H3/t108?,113-,114-,115?,120+/m0/s1. The van der Waals surface area contributed by atoms with Crippen LogP contribution in [0.25, 0.3) is 0 Å². The van der Waals surface area contributed by atoms with E-state index in [1.165, 1.54) is 48.5 Å². The number of carbonyl (C=O) groups is 5. The highest BCUT2D eigenvalue weighted by molar-refractivity contribution is 5.94. The molecule has 0 aliphatic carbocycles. The zero-order chi connectivity index (χ0) is 97.9. The maximum absolute atomic E-state index is 16.8. The number of rotatable bonds is 46. The van der Waals surface area contributed by atoms with Crippen LogP contribution < -0.4 is 56.8 Å². The largest absolute Gasteiger partial charge is 0.485 e. The highest BCUT2D eigenvalue weighted by Crippen LogP contribution is 2.47. The van der Waals surface area contributed by atoms with Crippen LogP contribution in [0.15, 0.2) is 413 Å². The Hall–Kier alpha value is -17.6. The van der Waals surface area contributed by atoms with E-state index >= 15 is 19.2 Å². The number of hydrogen-bond acceptors (Lipinski definition) is 23. The molecule has 0 bridgehead atoms. The van der Waals surface area contributed by atoms with Gasteiger partial charge in [0.05, 0.1) is 22.3 Å². The number of ether oxygens (including phenoxy) is 18. The molecule has 0 N–H and O–H groups in total. The van der Waals surface area contributed by atoms with Gasteiger partial charge in [0.25, 0.3) is 0 Å². The van der Waals surface area contributed by atoms with Crippen LogP contribution in [0, 0.1) is 0 Å². The van der Waals surface area contributed by atoms with Crippen molar-refractivity contribution in [2.24, 2.45) is 0 Å². The molecular formula is C120H102O23. The zero-order valence-corrected chi connectivity index (χ0v) is 78.2. The molecular weight excluding hydrogens is 1810 g/mol. The third-order valence-corrected chi connectivity index (χ3v) is 22.8. The summed E-state index contributed by atoms with van der Waals surface area (Å²) < 4.78 is 121. The number of carbonyl (C=O) groups excluding carboxylic acids is 5. The maximum Gasteiger partial charge on any atom is 0.339 e. The van der Waals surface area contributed by atoms with E-state index in [-0.39, 0.29) is 171 Å². The van der Waals surface area contributed by atoms with Crippen LogP contribution in [0.4, 0.5) is 0 Å². The summed E-state index contributed by atoms with van der Waals surface area (Å²) in [4.78, 5) is 80.2. The van der Waals surface area contributed by atoms with Crippen LogP contribution in [0.5, 0.6) is 69.0 Å². The first kappa shape index (κ1) is 97.1. The number of hydrogen-bond donors (Lipinski definition) is 0. The lowest BCUT2D eigenvalue weighted by molar-refractivity contribution is -0.289. The molecule has 16 aromatic rings. The molecule has 0 aromatic heterocycles. The van der Waals surface area contributed by atoms with Gasteiger partial charge in [0.1, 0.15) is 92.0 Å². The second-order valence-corrected chi connectivity index (χ2v) is 33.4. The zero-order valence-electron chi connectivity index (χ0n) is 78.2. The molecule has 0 spiro atoms. The molecule has 23 heteroatoms. The third-order valence-electron chi connectivity index (χ3n) is 22.8. The summed E-state index contributed by atoms with van der Waals surface area (Å²) in [7, 11) is 0. The molecule has 1 aliphatic heterocycles. The van der Waals surface area contributed by atoms with Gasteiger partial charge in [-0.2, -0.15) is 0 Å². The summed E-state index contributed by atoms with van der Waals surface area (Å²) in [6.45, 7) is -0.181. The minimum atomic E-state index is -2.24. The first-order valence-electron chi connectivity index (χ1n) is 46.7. The summed E-state index contributed by atoms with van der Waals surface area (Å²) in [6.07, 6.45) is -10.7. The van der Waals surface area contributed by atoms with Gasteiger partial charge < -0.3 is 85.3 Å². The Bertz CT molecular complexity index is 6550. The third kappa shape index (κ3) is 27.7. The molecule has 0 radical (unpaired) electrons. The van der Waals surface area contributed by atoms with E-state index in [4.69, 9.17) is 85.3 Å². The van der Waals surface area contributed by atoms with Crippen LogP contribution in [0.1, 0.15) is 115 Å². The molecule has 0 amide bonds. The summed E-state index contributed by atoms with van der Waals surface area (Å²) in [5.41, 5.74) is 8.17. The first-order chi connectivity index (χ1) is 70.3. The van der Waals surface area contributed by atoms with Gasteiger partial charge in [-0.25, -0.2) is 19.2 Å². The van der Waals surface area contributed by atoms with E-state index in [0.29, 0.717) is 0 Å². The van der Waals surface area contributed by atoms with E-state index in [1.54, 1.807) is 0 Å². The van der Waals surface area contributed by atoms with Crippen molar-refractivity contribution in [1.29, 1.82) is 0 Å². The number of benzene rings is 16. The van der Waals surface area contributed by atoms with Gasteiger partial charge in [-0.1, -0.05) is 364 Å². The topological polar surface area (TPSA) is 251 Å². The molecule has 16 aromatic carbocycles. The lowest BCUT2D eigenvalue weighted by Crippen LogP contribution is -2.63. The minimum absolute atomic E-state index is 0.000571. The highest BCUT2D eigenvalue weighted by Gasteiger charge is 2.55. The molecule has 1 fully saturated rings. The Morgan fingerprint density at radius 1 is 0.203 bits per heavy atom. The van der Waals surface area contributed by atoms with Gasteiger partial charge in [-0.15, -0.1) is 0 Å². The number of esters is 5. The predicted molar refractivity (Wildman–Crippen MR) is 533 cm³/mol. The van der Waals surface area contributed by atoms with Gasteiger partial charge in [0, 0.05) is 6.92 Å². The maximum atomic E-state index is 16.8. The van der Waals surface area contributed by atoms with Crippen molar-refractivity contribution in [2.75, 3.05) is 6.61 Å². The van der Waals surface area contributed by atoms with E-state index in [2.05, 4.69) is 0 Å². The van der Waals surface area contributed by atoms with Crippen LogP contribution in [-0.4, -0.2) is 67.2 Å². The highest BCUT2D eigenvalue weighted by atomic mass is 16.7. The van der Waals surface area contributed by atoms with Crippen molar-refractivity contribution in [3.8, 4) is 69.0 Å². The Morgan fingerprint density at radius 3 is 0.559 bits per heavy atom. The lowest BCUT2D eigenvalue weighted by atomic mass is 9.97. The molecule has 1 saturated heterocycles. The molecule has 2 unspecified atom stereocenters. The summed E-state index contributed by atoms with van der Waals surface area (Å²) in [5, 5.41) is 0. The Kier molecular flexibility index (Phi) is 33.7. The van der Waals surface area contributed by atoms with Crippen molar-refractivity contribution in [1.82, 2.24) is 0 Å². The second kappa shape index (κ2) is 49.6. The van der Waals surface area contributed by atoms with Crippen molar-refractivity contribution >= 4 is 29.8 Å². The average molecular weight is 1910 g/mol. The van der Waals surface area contributed by atoms with Crippen molar-refractivity contribution < 1.29 is 109 Å². The van der Waals surface area contributed by atoms with Crippen molar-refractivity contribution in [2.45, 2.75) is 117 Å². The van der Waals surface area contributed by atoms with Gasteiger partial charge in [-0.05, 0) is 115 Å². The molecule has 0 saturated carbocycles. The van der Waals surface area contributed by atoms with Gasteiger partial charge in [-0.3, -0.25) is 4.79 Å². The lowest BCUT2D eigenvalue weighted by Gasteiger charge is -2.43. The Labute approximate surface area is 828 Å². The summed E-state index contributed by atoms with van der Waals surface area (Å²) >= 11 is 0. The monoisotopic (exact) mass is 1910 g/mol. The molecule has 17 rings (SSSR count). The van der Waals surface area contributed by atoms with E-state index in [1.807, 2.05) is 364 Å². The van der Waals surface area contributed by atoms with Crippen LogP contribution in [0.3, 0.4) is 0 Å². The molecule has 1 heterocycles. The van der Waals surface area contributed by atoms with E-state index in [0.717, 1.165) is 73.7 Å². The van der Waals surface area contributed by atoms with E-state index in [9.17, 15) is 4.79 Å². The van der Waals surface area contributed by atoms with Gasteiger partial charge in [0.2, 0.25) is 35.4 Å². The average Bonchev–Trinajstić information content (AvgIpc) is 0.764. The van der Waals surface area contributed by atoms with Crippen LogP contribution in [-0.2, 0) is 112 Å². The fourth-order valence-electron chi connectivity index (χ4n) is 15.5. The molecule has 5 atom stereocenters. The molecule has 23 nitrogen and oxygen atoms in total. The Morgan fingerprint density at radius 2 is 0.371 bits per heavy atom. The Balaban J connectivity index is 0.837. The first-order valence-corrected chi connectivity index (χ1v) is 46.7. The quantitative estimate of drug-likeness (QED) is 0.0254. The van der Waals surface area contributed by atoms with Crippen LogP contribution in [0.2, 0.25) is 0 Å². The van der Waals surface area contributed by atoms with E-state index < -0.39 is 67.2 Å². The predicted octanol–water partition coefficient (Wildman–Crippen LogP) is 23.8. The van der Waals surface area contributed by atoms with Gasteiger partial charge >= 0.3 is 29.8 Å². The molecule has 143 heavy (non-hydrogen) atoms. The SMILES string of the molecule is CC(=O)O[C@@H]1OC(COC(=O)c2cc(OCc3ccccc3)c(OCc3ccccc3)c(OCc3ccccc3)c2)[C@H](OC(=O)c2cc(OCc3ccccc3)c(OCc3ccccc3)c(OCc3ccccc3)c2)[C@H](OC(=O)c2cc(OCc3ccccc3)c(OCc3ccccc3)c(OCc3ccccc3)c2)C1OC(=O)c1cc(OCc2ccccc2)c(OCc2ccccc2)c(OCc2ccccc2)c1. The summed E-state index contributed by atoms with van der Waals surface area (Å²) in [6, 6.07) is 124. The smallest absolute Gasteiger partial charge is 0.339 e. The molecule has 720 valence electrons. The second-order valence-electron chi connectivity index (χ2n) is 33.4. The fraction of sp³-hybridized carbons (Fsp3) is 0.158. The van der Waals surface area contributed by atoms with Gasteiger partial charge in [0.15, 0.2) is 58.2 Å². The fourth-order valence-corrected chi connectivity index (χ4v) is 15.5. The summed E-state index contributed by atoms with van der Waals surface area (Å²) in [5.74, 6) is -5.08.